The summed E-state index contributed by atoms with van der Waals surface area (Å²) in [4.78, 5) is 42.4. The third-order valence-corrected chi connectivity index (χ3v) is 4.35. The third kappa shape index (κ3) is 4.23. The molecule has 3 N–H and O–H groups in total. The van der Waals surface area contributed by atoms with Crippen LogP contribution in [0, 0.1) is 0 Å². The molecule has 0 bridgehead atoms. The molecule has 1 aromatic carbocycles. The highest BCUT2D eigenvalue weighted by atomic mass is 16.4. The summed E-state index contributed by atoms with van der Waals surface area (Å²) in [6.45, 7) is 3.87. The predicted molar refractivity (Wildman–Crippen MR) is 106 cm³/mol. The van der Waals surface area contributed by atoms with Gasteiger partial charge in [0.05, 0.1) is 17.7 Å². The zero-order valence-corrected chi connectivity index (χ0v) is 16.3. The Hall–Kier alpha value is -3.75. The quantitative estimate of drug-likeness (QED) is 0.583. The number of carboxylic acid groups (broad SMARTS) is 1. The molecule has 0 aliphatic carbocycles. The molecule has 0 aliphatic rings. The van der Waals surface area contributed by atoms with Crippen LogP contribution in [0.5, 0.6) is 0 Å². The summed E-state index contributed by atoms with van der Waals surface area (Å²) in [6.07, 6.45) is -0.0323. The van der Waals surface area contributed by atoms with Crippen molar-refractivity contribution < 1.29 is 14.7 Å². The van der Waals surface area contributed by atoms with Crippen molar-refractivity contribution in [2.75, 3.05) is 7.05 Å². The number of amides is 1. The molecule has 29 heavy (non-hydrogen) atoms. The van der Waals surface area contributed by atoms with Crippen LogP contribution < -0.4 is 10.9 Å². The first-order valence-electron chi connectivity index (χ1n) is 9.04. The molecule has 0 atom stereocenters. The number of carbonyl (C=O) groups excluding carboxylic acids is 1. The predicted octanol–water partition coefficient (Wildman–Crippen LogP) is 1.73. The van der Waals surface area contributed by atoms with Crippen molar-refractivity contribution in [1.29, 1.82) is 0 Å². The lowest BCUT2D eigenvalue weighted by atomic mass is 10.0. The molecule has 1 amide bonds. The topological polar surface area (TPSA) is 130 Å². The number of carboxylic acids is 1. The number of rotatable bonds is 6. The second kappa shape index (κ2) is 8.09. The van der Waals surface area contributed by atoms with Crippen molar-refractivity contribution in [3.8, 4) is 17.1 Å². The molecule has 0 saturated heterocycles. The fraction of sp³-hybridized carbons (Fsp3) is 0.250. The molecular formula is C20H21N5O4. The number of pyridine rings is 1. The van der Waals surface area contributed by atoms with E-state index in [4.69, 9.17) is 0 Å². The van der Waals surface area contributed by atoms with E-state index in [1.165, 1.54) is 29.9 Å². The maximum atomic E-state index is 11.8. The van der Waals surface area contributed by atoms with Crippen LogP contribution in [0.25, 0.3) is 17.1 Å². The van der Waals surface area contributed by atoms with E-state index in [-0.39, 0.29) is 35.2 Å². The van der Waals surface area contributed by atoms with Crippen LogP contribution >= 0.6 is 0 Å². The molecule has 0 fully saturated rings. The Kier molecular flexibility index (Phi) is 5.58. The maximum absolute atomic E-state index is 11.8. The van der Waals surface area contributed by atoms with Crippen LogP contribution in [-0.4, -0.2) is 43.8 Å². The zero-order valence-electron chi connectivity index (χ0n) is 16.3. The van der Waals surface area contributed by atoms with Crippen LogP contribution in [0.2, 0.25) is 0 Å². The van der Waals surface area contributed by atoms with E-state index in [2.05, 4.69) is 20.4 Å². The second-order valence-electron chi connectivity index (χ2n) is 6.77. The van der Waals surface area contributed by atoms with E-state index in [9.17, 15) is 19.5 Å². The Morgan fingerprint density at radius 3 is 2.66 bits per heavy atom. The number of hydrogen-bond donors (Lipinski definition) is 3. The van der Waals surface area contributed by atoms with Crippen molar-refractivity contribution in [2.24, 2.45) is 0 Å². The number of aromatic nitrogens is 4. The van der Waals surface area contributed by atoms with Gasteiger partial charge in [0.2, 0.25) is 11.5 Å². The van der Waals surface area contributed by atoms with Crippen LogP contribution in [0.4, 0.5) is 0 Å². The number of likely N-dealkylation sites (N-methyl/N-ethyl adjacent to an activating group) is 1. The summed E-state index contributed by atoms with van der Waals surface area (Å²) in [6, 6.07) is 9.32. The van der Waals surface area contributed by atoms with Crippen LogP contribution in [-0.2, 0) is 11.2 Å². The third-order valence-electron chi connectivity index (χ3n) is 4.35. The van der Waals surface area contributed by atoms with Crippen molar-refractivity contribution in [2.45, 2.75) is 26.2 Å². The van der Waals surface area contributed by atoms with E-state index in [0.717, 1.165) is 0 Å². The van der Waals surface area contributed by atoms with Crippen LogP contribution in [0.3, 0.4) is 0 Å². The summed E-state index contributed by atoms with van der Waals surface area (Å²) in [5.74, 6) is -0.631. The Labute approximate surface area is 166 Å². The van der Waals surface area contributed by atoms with Gasteiger partial charge in [0.15, 0.2) is 11.6 Å². The minimum atomic E-state index is -1.06. The molecule has 0 spiro atoms. The summed E-state index contributed by atoms with van der Waals surface area (Å²) < 4.78 is 1.49. The number of aromatic carboxylic acids is 1. The Bertz CT molecular complexity index is 1130. The number of nitrogens with zero attached hydrogens (tertiary/aromatic N) is 3. The van der Waals surface area contributed by atoms with E-state index < -0.39 is 5.97 Å². The Balaban J connectivity index is 2.24. The molecule has 0 unspecified atom stereocenters. The van der Waals surface area contributed by atoms with E-state index in [1.807, 2.05) is 13.8 Å². The number of H-pyrrole nitrogens is 1. The van der Waals surface area contributed by atoms with Gasteiger partial charge in [0.1, 0.15) is 0 Å². The minimum absolute atomic E-state index is 0.00297. The summed E-state index contributed by atoms with van der Waals surface area (Å²) in [5.41, 5.74) is 1.67. The fourth-order valence-electron chi connectivity index (χ4n) is 2.93. The standard InChI is InChI=1S/C20H21N5O4/c1-11(2)18-14(7-8-16(26)23-18)19-22-15(10-17(27)21-3)24-25(19)13-6-4-5-12(9-13)20(28)29/h4-9,11H,10H2,1-3H3,(H,21,27)(H,23,26)(H,28,29). The van der Waals surface area contributed by atoms with Gasteiger partial charge in [0, 0.05) is 24.4 Å². The highest BCUT2D eigenvalue weighted by molar-refractivity contribution is 5.88. The summed E-state index contributed by atoms with van der Waals surface area (Å²) in [7, 11) is 1.52. The molecular weight excluding hydrogens is 374 g/mol. The summed E-state index contributed by atoms with van der Waals surface area (Å²) >= 11 is 0. The first kappa shape index (κ1) is 20.0. The lowest BCUT2D eigenvalue weighted by Gasteiger charge is -2.13. The molecule has 150 valence electrons. The normalized spacial score (nSPS) is 10.9. The lowest BCUT2D eigenvalue weighted by molar-refractivity contribution is -0.120. The molecule has 0 radical (unpaired) electrons. The van der Waals surface area contributed by atoms with Gasteiger partial charge in [-0.3, -0.25) is 9.59 Å². The number of nitrogens with one attached hydrogen (secondary N) is 2. The van der Waals surface area contributed by atoms with Crippen LogP contribution in [0.1, 0.15) is 41.6 Å². The molecule has 9 heteroatoms. The van der Waals surface area contributed by atoms with Crippen LogP contribution in [0.15, 0.2) is 41.2 Å². The van der Waals surface area contributed by atoms with Gasteiger partial charge in [0.25, 0.3) is 0 Å². The van der Waals surface area contributed by atoms with E-state index in [0.29, 0.717) is 22.8 Å². The smallest absolute Gasteiger partial charge is 0.335 e. The molecule has 0 saturated carbocycles. The number of aromatic amines is 1. The number of benzene rings is 1. The molecule has 3 rings (SSSR count). The van der Waals surface area contributed by atoms with Gasteiger partial charge >= 0.3 is 5.97 Å². The monoisotopic (exact) mass is 395 g/mol. The highest BCUT2D eigenvalue weighted by Gasteiger charge is 2.20. The molecule has 3 aromatic rings. The first-order chi connectivity index (χ1) is 13.8. The second-order valence-corrected chi connectivity index (χ2v) is 6.77. The molecule has 2 heterocycles. The molecule has 9 nitrogen and oxygen atoms in total. The van der Waals surface area contributed by atoms with Gasteiger partial charge in [-0.15, -0.1) is 0 Å². The molecule has 0 aliphatic heterocycles. The number of carbonyl (C=O) groups is 2. The first-order valence-corrected chi connectivity index (χ1v) is 9.04. The lowest BCUT2D eigenvalue weighted by Crippen LogP contribution is -2.20. The van der Waals surface area contributed by atoms with Crippen molar-refractivity contribution in [3.05, 3.63) is 63.8 Å². The largest absolute Gasteiger partial charge is 0.478 e. The SMILES string of the molecule is CNC(=O)Cc1nc(-c2ccc(=O)[nH]c2C(C)C)n(-c2cccc(C(=O)O)c2)n1. The van der Waals surface area contributed by atoms with Crippen molar-refractivity contribution >= 4 is 11.9 Å². The number of hydrogen-bond acceptors (Lipinski definition) is 5. The van der Waals surface area contributed by atoms with Gasteiger partial charge in [-0.1, -0.05) is 19.9 Å². The van der Waals surface area contributed by atoms with Gasteiger partial charge < -0.3 is 15.4 Å². The Morgan fingerprint density at radius 1 is 1.24 bits per heavy atom. The highest BCUT2D eigenvalue weighted by Crippen LogP contribution is 2.27. The van der Waals surface area contributed by atoms with E-state index in [1.54, 1.807) is 18.2 Å². The Morgan fingerprint density at radius 2 is 2.00 bits per heavy atom. The van der Waals surface area contributed by atoms with Gasteiger partial charge in [-0.2, -0.15) is 5.10 Å². The fourth-order valence-corrected chi connectivity index (χ4v) is 2.93. The molecule has 2 aromatic heterocycles. The van der Waals surface area contributed by atoms with Crippen molar-refractivity contribution in [3.63, 3.8) is 0 Å². The zero-order chi connectivity index (χ0) is 21.1. The maximum Gasteiger partial charge on any atom is 0.335 e. The average Bonchev–Trinajstić information content (AvgIpc) is 3.11. The summed E-state index contributed by atoms with van der Waals surface area (Å²) in [5, 5.41) is 16.3. The van der Waals surface area contributed by atoms with E-state index >= 15 is 0 Å². The average molecular weight is 395 g/mol. The van der Waals surface area contributed by atoms with Crippen molar-refractivity contribution in [1.82, 2.24) is 25.1 Å². The minimum Gasteiger partial charge on any atom is -0.478 e. The van der Waals surface area contributed by atoms with Gasteiger partial charge in [-0.05, 0) is 30.2 Å². The van der Waals surface area contributed by atoms with Gasteiger partial charge in [-0.25, -0.2) is 14.5 Å².